The maximum Gasteiger partial charge on any atom is 0.110 e. The van der Waals surface area contributed by atoms with E-state index < -0.39 is 0 Å². The number of nitrogens with two attached hydrogens (primary N) is 1. The van der Waals surface area contributed by atoms with Crippen molar-refractivity contribution in [2.24, 2.45) is 0 Å². The summed E-state index contributed by atoms with van der Waals surface area (Å²) in [6.45, 7) is 7.01. The summed E-state index contributed by atoms with van der Waals surface area (Å²) >= 11 is 1.59. The molecule has 0 saturated carbocycles. The van der Waals surface area contributed by atoms with Crippen molar-refractivity contribution in [3.8, 4) is 0 Å². The van der Waals surface area contributed by atoms with E-state index in [1.54, 1.807) is 18.4 Å². The minimum absolute atomic E-state index is 0.281. The van der Waals surface area contributed by atoms with E-state index >= 15 is 0 Å². The highest BCUT2D eigenvalue weighted by Gasteiger charge is 2.16. The first-order valence-electron chi connectivity index (χ1n) is 4.81. The second kappa shape index (κ2) is 4.75. The first kappa shape index (κ1) is 11.5. The Hall–Kier alpha value is -0.610. The largest absolute Gasteiger partial charge is 0.389 e. The summed E-state index contributed by atoms with van der Waals surface area (Å²) in [7, 11) is 1.70. The molecule has 0 bridgehead atoms. The lowest BCUT2D eigenvalue weighted by Crippen LogP contribution is -2.04. The van der Waals surface area contributed by atoms with Gasteiger partial charge < -0.3 is 10.5 Å². The summed E-state index contributed by atoms with van der Waals surface area (Å²) in [6.07, 6.45) is 0. The predicted octanol–water partition coefficient (Wildman–Crippen LogP) is 2.60. The fourth-order valence-electron chi connectivity index (χ4n) is 1.29. The van der Waals surface area contributed by atoms with Gasteiger partial charge in [0.25, 0.3) is 0 Å². The fraction of sp³-hybridized carbons (Fsp3) is 0.700. The monoisotopic (exact) mass is 214 g/mol. The molecule has 1 atom stereocenters. The highest BCUT2D eigenvalue weighted by molar-refractivity contribution is 7.15. The van der Waals surface area contributed by atoms with Crippen molar-refractivity contribution >= 4 is 16.3 Å². The molecule has 0 aromatic carbocycles. The Kier molecular flexibility index (Phi) is 3.89. The molecule has 2 N–H and O–H groups in total. The van der Waals surface area contributed by atoms with Crippen LogP contribution >= 0.6 is 11.3 Å². The van der Waals surface area contributed by atoms with Crippen molar-refractivity contribution < 1.29 is 4.74 Å². The molecular formula is C10H18N2OS. The van der Waals surface area contributed by atoms with Gasteiger partial charge in [0.05, 0.1) is 17.3 Å². The van der Waals surface area contributed by atoms with Gasteiger partial charge in [-0.2, -0.15) is 0 Å². The second-order valence-electron chi connectivity index (χ2n) is 3.81. The van der Waals surface area contributed by atoms with Crippen molar-refractivity contribution in [1.82, 2.24) is 4.98 Å². The zero-order chi connectivity index (χ0) is 10.7. The average molecular weight is 214 g/mol. The van der Waals surface area contributed by atoms with Crippen LogP contribution in [-0.4, -0.2) is 18.7 Å². The van der Waals surface area contributed by atoms with Gasteiger partial charge in [0, 0.05) is 18.9 Å². The van der Waals surface area contributed by atoms with Gasteiger partial charge in [0.1, 0.15) is 5.00 Å². The molecule has 0 aliphatic carbocycles. The van der Waals surface area contributed by atoms with E-state index in [1.165, 1.54) is 0 Å². The first-order valence-corrected chi connectivity index (χ1v) is 5.63. The second-order valence-corrected chi connectivity index (χ2v) is 4.87. The van der Waals surface area contributed by atoms with Gasteiger partial charge in [-0.15, -0.1) is 11.3 Å². The first-order chi connectivity index (χ1) is 6.56. The number of nitrogen functional groups attached to an aromatic ring is 1. The molecular weight excluding hydrogens is 196 g/mol. The Morgan fingerprint density at radius 3 is 2.50 bits per heavy atom. The molecule has 0 fully saturated rings. The lowest BCUT2D eigenvalue weighted by Gasteiger charge is -2.07. The molecule has 1 unspecified atom stereocenters. The molecule has 1 aromatic rings. The minimum atomic E-state index is 0.281. The number of hydrogen-bond donors (Lipinski definition) is 1. The fourth-order valence-corrected chi connectivity index (χ4v) is 2.25. The van der Waals surface area contributed by atoms with Crippen LogP contribution in [0.1, 0.15) is 43.3 Å². The molecule has 80 valence electrons. The van der Waals surface area contributed by atoms with Crippen LogP contribution in [-0.2, 0) is 4.74 Å². The molecule has 0 spiro atoms. The van der Waals surface area contributed by atoms with Crippen LogP contribution in [0.25, 0.3) is 0 Å². The smallest absolute Gasteiger partial charge is 0.110 e. The summed E-state index contributed by atoms with van der Waals surface area (Å²) in [6, 6.07) is 0. The molecule has 0 saturated heterocycles. The molecule has 0 radical (unpaired) electrons. The van der Waals surface area contributed by atoms with E-state index in [9.17, 15) is 0 Å². The van der Waals surface area contributed by atoms with E-state index in [2.05, 4.69) is 25.8 Å². The van der Waals surface area contributed by atoms with Gasteiger partial charge in [-0.05, 0) is 0 Å². The van der Waals surface area contributed by atoms with Crippen LogP contribution in [0.2, 0.25) is 0 Å². The normalized spacial score (nSPS) is 13.5. The van der Waals surface area contributed by atoms with Crippen LogP contribution in [0, 0.1) is 0 Å². The van der Waals surface area contributed by atoms with Crippen LogP contribution < -0.4 is 5.73 Å². The van der Waals surface area contributed by atoms with Crippen LogP contribution in [0.4, 0.5) is 5.00 Å². The standard InChI is InChI=1S/C10H18N2OS/c1-6(2)10-12-8(9(11)14-10)7(3)5-13-4/h6-7H,5,11H2,1-4H3. The average Bonchev–Trinajstić information content (AvgIpc) is 2.48. The lowest BCUT2D eigenvalue weighted by molar-refractivity contribution is 0.183. The van der Waals surface area contributed by atoms with Gasteiger partial charge in [-0.1, -0.05) is 20.8 Å². The maximum atomic E-state index is 5.91. The molecule has 1 heterocycles. The summed E-state index contributed by atoms with van der Waals surface area (Å²) < 4.78 is 5.09. The topological polar surface area (TPSA) is 48.1 Å². The summed E-state index contributed by atoms with van der Waals surface area (Å²) in [5, 5.41) is 1.94. The molecule has 0 aliphatic rings. The molecule has 4 heteroatoms. The highest BCUT2D eigenvalue weighted by Crippen LogP contribution is 2.31. The number of rotatable bonds is 4. The Morgan fingerprint density at radius 1 is 1.43 bits per heavy atom. The molecule has 0 amide bonds. The van der Waals surface area contributed by atoms with E-state index in [1.807, 2.05) is 0 Å². The predicted molar refractivity (Wildman–Crippen MR) is 60.9 cm³/mol. The van der Waals surface area contributed by atoms with Crippen molar-refractivity contribution in [2.45, 2.75) is 32.6 Å². The van der Waals surface area contributed by atoms with Gasteiger partial charge in [-0.25, -0.2) is 4.98 Å². The molecule has 3 nitrogen and oxygen atoms in total. The summed E-state index contributed by atoms with van der Waals surface area (Å²) in [5.41, 5.74) is 6.90. The van der Waals surface area contributed by atoms with Gasteiger partial charge in [0.2, 0.25) is 0 Å². The van der Waals surface area contributed by atoms with Gasteiger partial charge >= 0.3 is 0 Å². The minimum Gasteiger partial charge on any atom is -0.389 e. The number of anilines is 1. The van der Waals surface area contributed by atoms with Gasteiger partial charge in [0.15, 0.2) is 0 Å². The van der Waals surface area contributed by atoms with E-state index in [0.29, 0.717) is 12.5 Å². The van der Waals surface area contributed by atoms with Crippen LogP contribution in [0.3, 0.4) is 0 Å². The number of methoxy groups -OCH3 is 1. The molecule has 14 heavy (non-hydrogen) atoms. The Bertz CT molecular complexity index is 296. The number of ether oxygens (including phenoxy) is 1. The molecule has 1 aromatic heterocycles. The molecule has 0 aliphatic heterocycles. The quantitative estimate of drug-likeness (QED) is 0.838. The van der Waals surface area contributed by atoms with Crippen molar-refractivity contribution in [3.63, 3.8) is 0 Å². The number of nitrogens with zero attached hydrogens (tertiary/aromatic N) is 1. The zero-order valence-corrected chi connectivity index (χ0v) is 10.0. The Labute approximate surface area is 89.3 Å². The van der Waals surface area contributed by atoms with Gasteiger partial charge in [-0.3, -0.25) is 0 Å². The van der Waals surface area contributed by atoms with Crippen molar-refractivity contribution in [2.75, 3.05) is 19.5 Å². The summed E-state index contributed by atoms with van der Waals surface area (Å²) in [4.78, 5) is 4.54. The number of thiazole rings is 1. The SMILES string of the molecule is COCC(C)c1nc(C(C)C)sc1N. The van der Waals surface area contributed by atoms with Crippen molar-refractivity contribution in [3.05, 3.63) is 10.7 Å². The van der Waals surface area contributed by atoms with E-state index in [-0.39, 0.29) is 5.92 Å². The zero-order valence-electron chi connectivity index (χ0n) is 9.20. The van der Waals surface area contributed by atoms with Crippen LogP contribution in [0.15, 0.2) is 0 Å². The van der Waals surface area contributed by atoms with E-state index in [0.717, 1.165) is 15.7 Å². The third kappa shape index (κ3) is 2.45. The number of aromatic nitrogens is 1. The molecule has 1 rings (SSSR count). The van der Waals surface area contributed by atoms with Crippen molar-refractivity contribution in [1.29, 1.82) is 0 Å². The maximum absolute atomic E-state index is 5.91. The highest BCUT2D eigenvalue weighted by atomic mass is 32.1. The third-order valence-electron chi connectivity index (χ3n) is 2.07. The number of hydrogen-bond acceptors (Lipinski definition) is 4. The Morgan fingerprint density at radius 2 is 2.07 bits per heavy atom. The lowest BCUT2D eigenvalue weighted by atomic mass is 10.1. The van der Waals surface area contributed by atoms with Crippen LogP contribution in [0.5, 0.6) is 0 Å². The third-order valence-corrected chi connectivity index (χ3v) is 3.28. The Balaban J connectivity index is 2.86. The van der Waals surface area contributed by atoms with E-state index in [4.69, 9.17) is 10.5 Å². The summed E-state index contributed by atoms with van der Waals surface area (Å²) in [5.74, 6) is 0.731.